The van der Waals surface area contributed by atoms with Crippen molar-refractivity contribution < 1.29 is 19.5 Å². The molecule has 10 nitrogen and oxygen atoms in total. The van der Waals surface area contributed by atoms with Gasteiger partial charge in [0.05, 0.1) is 34.7 Å². The summed E-state index contributed by atoms with van der Waals surface area (Å²) in [7, 11) is 0. The molecule has 0 saturated carbocycles. The van der Waals surface area contributed by atoms with E-state index in [1.165, 1.54) is 0 Å². The number of aromatic nitrogens is 3. The van der Waals surface area contributed by atoms with Gasteiger partial charge in [0, 0.05) is 24.9 Å². The molecule has 1 spiro atoms. The predicted molar refractivity (Wildman–Crippen MR) is 162 cm³/mol. The average molecular weight is 599 g/mol. The van der Waals surface area contributed by atoms with Crippen LogP contribution in [-0.4, -0.2) is 94.3 Å². The SMILES string of the molecule is CC[C@@H](CO)N1C(=O)[C@@H]2[C@H]3C(=O)N(Cc4ccccc4)CC=C[C@H]3S[C@@]23C=CCN(Cn2nnc4ccccc42)C(=O)C13. The summed E-state index contributed by atoms with van der Waals surface area (Å²) in [5.74, 6) is -1.87. The first-order chi connectivity index (χ1) is 21.0. The number of benzene rings is 2. The van der Waals surface area contributed by atoms with Gasteiger partial charge in [0.1, 0.15) is 18.2 Å². The lowest BCUT2D eigenvalue weighted by Gasteiger charge is -2.38. The Bertz CT molecular complexity index is 1620. The lowest BCUT2D eigenvalue weighted by Crippen LogP contribution is -2.56. The van der Waals surface area contributed by atoms with Gasteiger partial charge in [0.15, 0.2) is 0 Å². The fourth-order valence-corrected chi connectivity index (χ4v) is 9.23. The van der Waals surface area contributed by atoms with Crippen LogP contribution in [0.1, 0.15) is 18.9 Å². The summed E-state index contributed by atoms with van der Waals surface area (Å²) >= 11 is 1.55. The molecule has 0 bridgehead atoms. The van der Waals surface area contributed by atoms with Crippen molar-refractivity contribution in [2.45, 2.75) is 48.6 Å². The Balaban J connectivity index is 1.27. The molecule has 1 unspecified atom stereocenters. The number of likely N-dealkylation sites (tertiary alicyclic amines) is 1. The van der Waals surface area contributed by atoms with Crippen molar-refractivity contribution >= 4 is 40.5 Å². The van der Waals surface area contributed by atoms with Crippen molar-refractivity contribution in [1.82, 2.24) is 29.7 Å². The standard InChI is InChI=1S/C32H34N6O4S/c1-2-22(19-39)38-28-31(42)36(20-37-24-13-7-6-12-23(24)33-34-37)17-9-15-32(28)27(30(38)41)26-25(43-32)14-8-16-35(29(26)40)18-21-10-4-3-5-11-21/h3-15,22,25-28,39H,2,16-20H2,1H3/t22-,25+,26-,27-,28?,32-/m0/s1. The zero-order valence-corrected chi connectivity index (χ0v) is 24.7. The predicted octanol–water partition coefficient (Wildman–Crippen LogP) is 2.45. The van der Waals surface area contributed by atoms with Gasteiger partial charge in [-0.2, -0.15) is 0 Å². The monoisotopic (exact) mass is 598 g/mol. The van der Waals surface area contributed by atoms with Crippen LogP contribution >= 0.6 is 11.8 Å². The molecule has 6 atom stereocenters. The third kappa shape index (κ3) is 4.39. The molecule has 0 aliphatic carbocycles. The number of carbonyl (C=O) groups excluding carboxylic acids is 3. The second-order valence-electron chi connectivity index (χ2n) is 11.6. The van der Waals surface area contributed by atoms with E-state index in [1.807, 2.05) is 90.7 Å². The molecule has 5 heterocycles. The maximum Gasteiger partial charge on any atom is 0.248 e. The number of hydrogen-bond donors (Lipinski definition) is 1. The molecule has 4 aliphatic heterocycles. The molecule has 43 heavy (non-hydrogen) atoms. The normalized spacial score (nSPS) is 29.1. The van der Waals surface area contributed by atoms with Gasteiger partial charge in [-0.1, -0.05) is 78.9 Å². The lowest BCUT2D eigenvalue weighted by molar-refractivity contribution is -0.147. The van der Waals surface area contributed by atoms with Crippen LogP contribution in [0.5, 0.6) is 0 Å². The number of hydrogen-bond acceptors (Lipinski definition) is 7. The largest absolute Gasteiger partial charge is 0.394 e. The zero-order chi connectivity index (χ0) is 29.7. The highest BCUT2D eigenvalue weighted by molar-refractivity contribution is 8.02. The number of nitrogens with zero attached hydrogens (tertiary/aromatic N) is 6. The molecular formula is C32H34N6O4S. The van der Waals surface area contributed by atoms with E-state index in [9.17, 15) is 19.5 Å². The maximum absolute atomic E-state index is 14.6. The highest BCUT2D eigenvalue weighted by Crippen LogP contribution is 2.61. The minimum absolute atomic E-state index is 0.0738. The van der Waals surface area contributed by atoms with Gasteiger partial charge in [0.25, 0.3) is 0 Å². The smallest absolute Gasteiger partial charge is 0.248 e. The average Bonchev–Trinajstić information content (AvgIpc) is 3.58. The Morgan fingerprint density at radius 1 is 0.977 bits per heavy atom. The quantitative estimate of drug-likeness (QED) is 0.416. The molecule has 4 aliphatic rings. The van der Waals surface area contributed by atoms with Crippen molar-refractivity contribution in [2.24, 2.45) is 11.8 Å². The van der Waals surface area contributed by atoms with E-state index < -0.39 is 28.7 Å². The van der Waals surface area contributed by atoms with E-state index in [0.717, 1.165) is 16.6 Å². The highest BCUT2D eigenvalue weighted by Gasteiger charge is 2.71. The van der Waals surface area contributed by atoms with E-state index in [-0.39, 0.29) is 36.2 Å². The number of thioether (sulfide) groups is 1. The third-order valence-corrected chi connectivity index (χ3v) is 11.0. The van der Waals surface area contributed by atoms with Crippen LogP contribution in [0.2, 0.25) is 0 Å². The van der Waals surface area contributed by atoms with E-state index in [2.05, 4.69) is 10.3 Å². The summed E-state index contributed by atoms with van der Waals surface area (Å²) in [5.41, 5.74) is 2.56. The third-order valence-electron chi connectivity index (χ3n) is 9.28. The number of rotatable bonds is 7. The van der Waals surface area contributed by atoms with Gasteiger partial charge in [-0.3, -0.25) is 14.4 Å². The minimum Gasteiger partial charge on any atom is -0.394 e. The maximum atomic E-state index is 14.6. The fourth-order valence-electron chi connectivity index (χ4n) is 7.24. The molecule has 7 rings (SSSR count). The van der Waals surface area contributed by atoms with Gasteiger partial charge in [-0.05, 0) is 24.1 Å². The number of aliphatic hydroxyl groups is 1. The Kier molecular flexibility index (Phi) is 7.09. The molecule has 11 heteroatoms. The van der Waals surface area contributed by atoms with Crippen LogP contribution in [0.15, 0.2) is 78.9 Å². The number of para-hydroxylation sites is 1. The van der Waals surface area contributed by atoms with E-state index in [0.29, 0.717) is 26.1 Å². The van der Waals surface area contributed by atoms with Crippen molar-refractivity contribution in [3.05, 3.63) is 84.5 Å². The number of fused-ring (bicyclic) bond motifs is 3. The Hall–Kier alpha value is -3.96. The summed E-state index contributed by atoms with van der Waals surface area (Å²) in [4.78, 5) is 48.5. The molecule has 2 saturated heterocycles. The molecule has 2 fully saturated rings. The fraction of sp³-hybridized carbons (Fsp3) is 0.406. The molecular weight excluding hydrogens is 564 g/mol. The van der Waals surface area contributed by atoms with Gasteiger partial charge < -0.3 is 19.8 Å². The second-order valence-corrected chi connectivity index (χ2v) is 13.1. The molecule has 3 aromatic rings. The molecule has 1 N–H and O–H groups in total. The van der Waals surface area contributed by atoms with E-state index >= 15 is 0 Å². The summed E-state index contributed by atoms with van der Waals surface area (Å²) in [6.45, 7) is 3.05. The van der Waals surface area contributed by atoms with Crippen molar-refractivity contribution in [2.75, 3.05) is 19.7 Å². The topological polar surface area (TPSA) is 112 Å². The first-order valence-electron chi connectivity index (χ1n) is 14.8. The first kappa shape index (κ1) is 27.8. The second kappa shape index (κ2) is 10.9. The Morgan fingerprint density at radius 3 is 2.53 bits per heavy atom. The first-order valence-corrected chi connectivity index (χ1v) is 15.7. The van der Waals surface area contributed by atoms with Gasteiger partial charge in [0.2, 0.25) is 17.7 Å². The van der Waals surface area contributed by atoms with Crippen molar-refractivity contribution in [3.63, 3.8) is 0 Å². The Morgan fingerprint density at radius 2 is 1.74 bits per heavy atom. The number of carbonyl (C=O) groups is 3. The molecule has 222 valence electrons. The van der Waals surface area contributed by atoms with Crippen LogP contribution < -0.4 is 0 Å². The Labute approximate surface area is 254 Å². The van der Waals surface area contributed by atoms with Crippen LogP contribution in [0, 0.1) is 11.8 Å². The summed E-state index contributed by atoms with van der Waals surface area (Å²) in [5, 5.41) is 18.7. The van der Waals surface area contributed by atoms with E-state index in [4.69, 9.17) is 0 Å². The molecule has 0 radical (unpaired) electrons. The van der Waals surface area contributed by atoms with Crippen molar-refractivity contribution in [3.8, 4) is 0 Å². The van der Waals surface area contributed by atoms with Crippen LogP contribution in [0.4, 0.5) is 0 Å². The molecule has 1 aromatic heterocycles. The number of aliphatic hydroxyl groups excluding tert-OH is 1. The van der Waals surface area contributed by atoms with Crippen LogP contribution in [-0.2, 0) is 27.6 Å². The number of amides is 3. The van der Waals surface area contributed by atoms with Crippen molar-refractivity contribution in [1.29, 1.82) is 0 Å². The summed E-state index contributed by atoms with van der Waals surface area (Å²) < 4.78 is 0.751. The summed E-state index contributed by atoms with van der Waals surface area (Å²) in [6, 6.07) is 16.0. The highest BCUT2D eigenvalue weighted by atomic mass is 32.2. The van der Waals surface area contributed by atoms with Crippen LogP contribution in [0.3, 0.4) is 0 Å². The minimum atomic E-state index is -0.943. The van der Waals surface area contributed by atoms with E-state index in [1.54, 1.807) is 26.2 Å². The molecule has 3 amide bonds. The zero-order valence-electron chi connectivity index (χ0n) is 23.9. The van der Waals surface area contributed by atoms with Gasteiger partial charge in [-0.25, -0.2) is 4.68 Å². The lowest BCUT2D eigenvalue weighted by atomic mass is 9.78. The van der Waals surface area contributed by atoms with Crippen LogP contribution in [0.25, 0.3) is 11.0 Å². The van der Waals surface area contributed by atoms with Gasteiger partial charge >= 0.3 is 0 Å². The molecule has 2 aromatic carbocycles. The van der Waals surface area contributed by atoms with Gasteiger partial charge in [-0.15, -0.1) is 16.9 Å². The summed E-state index contributed by atoms with van der Waals surface area (Å²) in [6.07, 6.45) is 8.50.